The number of halogens is 1. The number of carbonyl (C=O) groups is 2. The fraction of sp³-hybridized carbons (Fsp3) is 0.304. The van der Waals surface area contributed by atoms with Gasteiger partial charge in [0.2, 0.25) is 5.91 Å². The molecular weight excluding hydrogens is 383 g/mol. The molecule has 1 aromatic heterocycles. The highest BCUT2D eigenvalue weighted by atomic mass is 19.1. The molecule has 1 aliphatic carbocycles. The molecule has 0 atom stereocenters. The number of hydrogen-bond acceptors (Lipinski definition) is 2. The number of nitrogens with zero attached hydrogens (tertiary/aromatic N) is 3. The zero-order valence-corrected chi connectivity index (χ0v) is 17.1. The molecule has 0 unspecified atom stereocenters. The van der Waals surface area contributed by atoms with E-state index in [-0.39, 0.29) is 30.3 Å². The van der Waals surface area contributed by atoms with Crippen LogP contribution in [-0.4, -0.2) is 46.4 Å². The maximum atomic E-state index is 13.5. The summed E-state index contributed by atoms with van der Waals surface area (Å²) in [5.74, 6) is -0.284. The second-order valence-electron chi connectivity index (χ2n) is 7.92. The Kier molecular flexibility index (Phi) is 5.44. The zero-order chi connectivity index (χ0) is 21.3. The van der Waals surface area contributed by atoms with E-state index in [2.05, 4.69) is 5.32 Å². The van der Waals surface area contributed by atoms with Crippen molar-refractivity contribution in [2.75, 3.05) is 19.4 Å². The van der Waals surface area contributed by atoms with Gasteiger partial charge in [-0.3, -0.25) is 4.79 Å². The highest BCUT2D eigenvalue weighted by Crippen LogP contribution is 2.29. The van der Waals surface area contributed by atoms with Crippen LogP contribution in [0.25, 0.3) is 10.9 Å². The Hall–Kier alpha value is -3.35. The molecule has 1 N–H and O–H groups in total. The third kappa shape index (κ3) is 4.45. The van der Waals surface area contributed by atoms with Crippen molar-refractivity contribution in [3.05, 3.63) is 66.1 Å². The molecule has 1 aliphatic rings. The Morgan fingerprint density at radius 3 is 2.63 bits per heavy atom. The average molecular weight is 408 g/mol. The minimum Gasteiger partial charge on any atom is -0.347 e. The molecule has 0 aliphatic heterocycles. The Bertz CT molecular complexity index is 1090. The van der Waals surface area contributed by atoms with Gasteiger partial charge in [0.1, 0.15) is 12.4 Å². The molecule has 1 heterocycles. The SMILES string of the molecule is CN(C)C(=O)Cn1ccc2cc(NC(=O)N(Cc3cccc(F)c3)C3CC3)ccc21. The van der Waals surface area contributed by atoms with E-state index in [1.165, 1.54) is 12.1 Å². The monoisotopic (exact) mass is 408 g/mol. The van der Waals surface area contributed by atoms with E-state index >= 15 is 0 Å². The van der Waals surface area contributed by atoms with Gasteiger partial charge in [0.25, 0.3) is 0 Å². The van der Waals surface area contributed by atoms with Crippen LogP contribution in [0.5, 0.6) is 0 Å². The van der Waals surface area contributed by atoms with Gasteiger partial charge in [-0.05, 0) is 54.8 Å². The molecule has 0 bridgehead atoms. The molecule has 3 amide bonds. The molecule has 4 rings (SSSR count). The van der Waals surface area contributed by atoms with Gasteiger partial charge >= 0.3 is 6.03 Å². The number of nitrogens with one attached hydrogen (secondary N) is 1. The second kappa shape index (κ2) is 8.18. The first-order valence-electron chi connectivity index (χ1n) is 10.0. The van der Waals surface area contributed by atoms with Crippen molar-refractivity contribution in [1.29, 1.82) is 0 Å². The van der Waals surface area contributed by atoms with Crippen LogP contribution in [0.2, 0.25) is 0 Å². The fourth-order valence-corrected chi connectivity index (χ4v) is 3.48. The van der Waals surface area contributed by atoms with Crippen molar-refractivity contribution in [2.24, 2.45) is 0 Å². The minimum absolute atomic E-state index is 0.0160. The minimum atomic E-state index is -0.300. The standard InChI is InChI=1S/C23H25FN4O2/c1-26(2)22(29)15-27-11-10-17-13-19(6-9-21(17)27)25-23(30)28(20-7-8-20)14-16-4-3-5-18(24)12-16/h3-6,9-13,20H,7-8,14-15H2,1-2H3,(H,25,30). The number of aromatic nitrogens is 1. The Labute approximate surface area is 174 Å². The summed E-state index contributed by atoms with van der Waals surface area (Å²) >= 11 is 0. The lowest BCUT2D eigenvalue weighted by atomic mass is 10.2. The largest absolute Gasteiger partial charge is 0.347 e. The maximum Gasteiger partial charge on any atom is 0.322 e. The van der Waals surface area contributed by atoms with Gasteiger partial charge in [-0.1, -0.05) is 12.1 Å². The number of amides is 3. The summed E-state index contributed by atoms with van der Waals surface area (Å²) in [5.41, 5.74) is 2.39. The molecule has 0 radical (unpaired) electrons. The van der Waals surface area contributed by atoms with Crippen LogP contribution >= 0.6 is 0 Å². The smallest absolute Gasteiger partial charge is 0.322 e. The van der Waals surface area contributed by atoms with Crippen molar-refractivity contribution >= 4 is 28.5 Å². The third-order valence-corrected chi connectivity index (χ3v) is 5.32. The van der Waals surface area contributed by atoms with Gasteiger partial charge in [0.05, 0.1) is 0 Å². The van der Waals surface area contributed by atoms with Crippen LogP contribution in [0.3, 0.4) is 0 Å². The van der Waals surface area contributed by atoms with E-state index in [4.69, 9.17) is 0 Å². The number of likely N-dealkylation sites (N-methyl/N-ethyl adjacent to an activating group) is 1. The van der Waals surface area contributed by atoms with Crippen LogP contribution in [0.1, 0.15) is 18.4 Å². The van der Waals surface area contributed by atoms with Crippen LogP contribution in [0.15, 0.2) is 54.7 Å². The van der Waals surface area contributed by atoms with Crippen molar-refractivity contribution in [3.8, 4) is 0 Å². The summed E-state index contributed by atoms with van der Waals surface area (Å²) in [7, 11) is 3.47. The average Bonchev–Trinajstić information content (AvgIpc) is 3.47. The molecule has 3 aromatic rings. The summed E-state index contributed by atoms with van der Waals surface area (Å²) in [6.45, 7) is 0.644. The molecule has 0 saturated heterocycles. The highest BCUT2D eigenvalue weighted by Gasteiger charge is 2.32. The van der Waals surface area contributed by atoms with E-state index < -0.39 is 0 Å². The second-order valence-corrected chi connectivity index (χ2v) is 7.92. The summed E-state index contributed by atoms with van der Waals surface area (Å²) < 4.78 is 15.4. The first kappa shape index (κ1) is 19.9. The van der Waals surface area contributed by atoms with Gasteiger partial charge in [-0.2, -0.15) is 0 Å². The number of anilines is 1. The van der Waals surface area contributed by atoms with Gasteiger partial charge in [0.15, 0.2) is 0 Å². The lowest BCUT2D eigenvalue weighted by molar-refractivity contribution is -0.129. The predicted octanol–water partition coefficient (Wildman–Crippen LogP) is 4.07. The zero-order valence-electron chi connectivity index (χ0n) is 17.1. The van der Waals surface area contributed by atoms with Crippen molar-refractivity contribution < 1.29 is 14.0 Å². The van der Waals surface area contributed by atoms with E-state index in [0.717, 1.165) is 29.3 Å². The summed E-state index contributed by atoms with van der Waals surface area (Å²) in [4.78, 5) is 28.2. The van der Waals surface area contributed by atoms with Crippen molar-refractivity contribution in [2.45, 2.75) is 32.0 Å². The van der Waals surface area contributed by atoms with Gasteiger partial charge in [-0.25, -0.2) is 9.18 Å². The number of fused-ring (bicyclic) bond motifs is 1. The third-order valence-electron chi connectivity index (χ3n) is 5.32. The summed E-state index contributed by atoms with van der Waals surface area (Å²) in [5, 5.41) is 3.91. The van der Waals surface area contributed by atoms with Crippen LogP contribution < -0.4 is 5.32 Å². The van der Waals surface area contributed by atoms with Gasteiger partial charge in [-0.15, -0.1) is 0 Å². The predicted molar refractivity (Wildman–Crippen MR) is 115 cm³/mol. The lowest BCUT2D eigenvalue weighted by Crippen LogP contribution is -2.36. The highest BCUT2D eigenvalue weighted by molar-refractivity contribution is 5.93. The normalized spacial score (nSPS) is 13.3. The molecule has 0 spiro atoms. The number of urea groups is 1. The van der Waals surface area contributed by atoms with Crippen molar-refractivity contribution in [1.82, 2.24) is 14.4 Å². The molecule has 2 aromatic carbocycles. The number of hydrogen-bond donors (Lipinski definition) is 1. The molecule has 7 heteroatoms. The van der Waals surface area contributed by atoms with E-state index in [1.54, 1.807) is 30.0 Å². The van der Waals surface area contributed by atoms with Crippen LogP contribution in [-0.2, 0) is 17.9 Å². The molecular formula is C23H25FN4O2. The molecule has 6 nitrogen and oxygen atoms in total. The molecule has 156 valence electrons. The topological polar surface area (TPSA) is 57.6 Å². The fourth-order valence-electron chi connectivity index (χ4n) is 3.48. The van der Waals surface area contributed by atoms with Crippen molar-refractivity contribution in [3.63, 3.8) is 0 Å². The summed E-state index contributed by atoms with van der Waals surface area (Å²) in [6, 6.07) is 13.9. The summed E-state index contributed by atoms with van der Waals surface area (Å²) in [6.07, 6.45) is 3.80. The number of rotatable bonds is 6. The van der Waals surface area contributed by atoms with Gasteiger partial charge < -0.3 is 19.7 Å². The van der Waals surface area contributed by atoms with E-state index in [0.29, 0.717) is 12.2 Å². The molecule has 1 fully saturated rings. The van der Waals surface area contributed by atoms with Gasteiger partial charge in [0, 0.05) is 49.5 Å². The quantitative estimate of drug-likeness (QED) is 0.669. The van der Waals surface area contributed by atoms with E-state index in [9.17, 15) is 14.0 Å². The first-order chi connectivity index (χ1) is 14.4. The maximum absolute atomic E-state index is 13.5. The Balaban J connectivity index is 1.48. The lowest BCUT2D eigenvalue weighted by Gasteiger charge is -2.23. The first-order valence-corrected chi connectivity index (χ1v) is 10.0. The van der Waals surface area contributed by atoms with Crippen LogP contribution in [0.4, 0.5) is 14.9 Å². The Morgan fingerprint density at radius 2 is 1.93 bits per heavy atom. The Morgan fingerprint density at radius 1 is 1.13 bits per heavy atom. The van der Waals surface area contributed by atoms with Crippen LogP contribution in [0, 0.1) is 5.82 Å². The van der Waals surface area contributed by atoms with E-state index in [1.807, 2.05) is 41.1 Å². The molecule has 1 saturated carbocycles. The number of benzene rings is 2. The number of carbonyl (C=O) groups excluding carboxylic acids is 2. The molecule has 30 heavy (non-hydrogen) atoms.